The molecule has 41 heavy (non-hydrogen) atoms. The predicted molar refractivity (Wildman–Crippen MR) is 168 cm³/mol. The van der Waals surface area contributed by atoms with Crippen LogP contribution in [0.15, 0.2) is 83.1 Å². The molecule has 0 bridgehead atoms. The minimum Gasteiger partial charge on any atom is -0.494 e. The number of nitrogens with zero attached hydrogens (tertiary/aromatic N) is 4. The van der Waals surface area contributed by atoms with Crippen molar-refractivity contribution in [3.63, 3.8) is 0 Å². The van der Waals surface area contributed by atoms with Crippen molar-refractivity contribution in [1.29, 1.82) is 0 Å². The van der Waals surface area contributed by atoms with E-state index in [-0.39, 0.29) is 17.1 Å². The van der Waals surface area contributed by atoms with Crippen molar-refractivity contribution < 1.29 is 9.53 Å². The quantitative estimate of drug-likeness (QED) is 0.0835. The Kier molecular flexibility index (Phi) is 10.4. The third-order valence-electron chi connectivity index (χ3n) is 6.57. The van der Waals surface area contributed by atoms with Crippen LogP contribution >= 0.6 is 11.8 Å². The number of unbranched alkanes of at least 4 members (excludes halogenated alkanes) is 2. The lowest BCUT2D eigenvalue weighted by atomic mass is 9.87. The first kappa shape index (κ1) is 30.1. The zero-order chi connectivity index (χ0) is 29.2. The number of rotatable bonds is 12. The molecule has 214 valence electrons. The van der Waals surface area contributed by atoms with Gasteiger partial charge in [-0.05, 0) is 66.3 Å². The van der Waals surface area contributed by atoms with Gasteiger partial charge in [-0.1, -0.05) is 94.3 Å². The van der Waals surface area contributed by atoms with Crippen molar-refractivity contribution >= 4 is 23.9 Å². The van der Waals surface area contributed by atoms with Crippen LogP contribution in [0.5, 0.6) is 5.75 Å². The van der Waals surface area contributed by atoms with Crippen LogP contribution < -0.4 is 10.2 Å². The first-order valence-electron chi connectivity index (χ1n) is 14.1. The lowest BCUT2D eigenvalue weighted by Gasteiger charge is -2.19. The molecular weight excluding hydrogens is 530 g/mol. The number of amides is 1. The van der Waals surface area contributed by atoms with Crippen LogP contribution in [0, 0.1) is 6.92 Å². The second-order valence-electron chi connectivity index (χ2n) is 11.0. The normalized spacial score (nSPS) is 11.6. The molecule has 0 saturated heterocycles. The van der Waals surface area contributed by atoms with Gasteiger partial charge in [0.15, 0.2) is 11.0 Å². The van der Waals surface area contributed by atoms with Gasteiger partial charge in [0, 0.05) is 11.3 Å². The molecule has 0 aliphatic carbocycles. The number of aromatic nitrogens is 3. The Bertz CT molecular complexity index is 1440. The zero-order valence-electron chi connectivity index (χ0n) is 24.6. The number of hydrogen-bond donors (Lipinski definition) is 1. The molecule has 3 aromatic carbocycles. The molecule has 4 rings (SSSR count). The van der Waals surface area contributed by atoms with Gasteiger partial charge in [0.1, 0.15) is 5.75 Å². The van der Waals surface area contributed by atoms with Crippen LogP contribution in [0.2, 0.25) is 0 Å². The average molecular weight is 570 g/mol. The summed E-state index contributed by atoms with van der Waals surface area (Å²) in [6.07, 6.45) is 5.01. The molecule has 1 heterocycles. The summed E-state index contributed by atoms with van der Waals surface area (Å²) in [5.74, 6) is 1.49. The van der Waals surface area contributed by atoms with Gasteiger partial charge in [0.2, 0.25) is 0 Å². The molecule has 7 nitrogen and oxygen atoms in total. The summed E-state index contributed by atoms with van der Waals surface area (Å²) in [6.45, 7) is 11.5. The number of ether oxygens (including phenoxy) is 1. The van der Waals surface area contributed by atoms with Gasteiger partial charge >= 0.3 is 0 Å². The van der Waals surface area contributed by atoms with Crippen molar-refractivity contribution in [1.82, 2.24) is 20.2 Å². The Hall–Kier alpha value is -3.91. The van der Waals surface area contributed by atoms with Gasteiger partial charge in [0.05, 0.1) is 18.6 Å². The minimum absolute atomic E-state index is 0.0613. The summed E-state index contributed by atoms with van der Waals surface area (Å²) >= 11 is 1.32. The Balaban J connectivity index is 1.41. The van der Waals surface area contributed by atoms with Crippen LogP contribution in [0.4, 0.5) is 0 Å². The van der Waals surface area contributed by atoms with Crippen LogP contribution in [0.3, 0.4) is 0 Å². The highest BCUT2D eigenvalue weighted by molar-refractivity contribution is 7.99. The maximum absolute atomic E-state index is 12.6. The number of nitrogens with one attached hydrogen (secondary N) is 1. The SMILES string of the molecule is CCCCCOc1ccc(C=NNC(=O)CSc2nnc(-c3ccc(C(C)(C)C)cc3)n2-c2ccc(C)cc2)cc1. The number of carbonyl (C=O) groups is 1. The van der Waals surface area contributed by atoms with E-state index in [1.807, 2.05) is 41.0 Å². The van der Waals surface area contributed by atoms with E-state index < -0.39 is 0 Å². The largest absolute Gasteiger partial charge is 0.494 e. The maximum atomic E-state index is 12.6. The molecule has 0 radical (unpaired) electrons. The fourth-order valence-corrected chi connectivity index (χ4v) is 4.87. The van der Waals surface area contributed by atoms with Crippen molar-refractivity contribution in [2.75, 3.05) is 12.4 Å². The lowest BCUT2D eigenvalue weighted by molar-refractivity contribution is -0.118. The topological polar surface area (TPSA) is 81.4 Å². The van der Waals surface area contributed by atoms with Crippen LogP contribution in [0.1, 0.15) is 63.6 Å². The molecule has 0 saturated carbocycles. The number of aryl methyl sites for hydroxylation is 1. The van der Waals surface area contributed by atoms with E-state index in [1.165, 1.54) is 35.7 Å². The second-order valence-corrected chi connectivity index (χ2v) is 12.0. The number of thioether (sulfide) groups is 1. The lowest BCUT2D eigenvalue weighted by Crippen LogP contribution is -2.20. The molecular formula is C33H39N5O2S. The molecule has 0 aliphatic rings. The fraction of sp³-hybridized carbons (Fsp3) is 0.333. The summed E-state index contributed by atoms with van der Waals surface area (Å²) in [5.41, 5.74) is 7.86. The molecule has 1 aromatic heterocycles. The predicted octanol–water partition coefficient (Wildman–Crippen LogP) is 7.35. The summed E-state index contributed by atoms with van der Waals surface area (Å²) in [5, 5.41) is 13.7. The summed E-state index contributed by atoms with van der Waals surface area (Å²) in [4.78, 5) is 12.6. The van der Waals surface area contributed by atoms with E-state index in [4.69, 9.17) is 4.74 Å². The van der Waals surface area contributed by atoms with Gasteiger partial charge in [-0.2, -0.15) is 5.10 Å². The molecule has 0 atom stereocenters. The summed E-state index contributed by atoms with van der Waals surface area (Å²) in [7, 11) is 0. The number of hydrazone groups is 1. The summed E-state index contributed by atoms with van der Waals surface area (Å²) < 4.78 is 7.74. The van der Waals surface area contributed by atoms with Crippen molar-refractivity contribution in [2.24, 2.45) is 5.10 Å². The number of carbonyl (C=O) groups excluding carboxylic acids is 1. The highest BCUT2D eigenvalue weighted by atomic mass is 32.2. The second kappa shape index (κ2) is 14.1. The molecule has 4 aromatic rings. The highest BCUT2D eigenvalue weighted by Crippen LogP contribution is 2.30. The molecule has 1 N–H and O–H groups in total. The van der Waals surface area contributed by atoms with Gasteiger partial charge < -0.3 is 4.74 Å². The first-order chi connectivity index (χ1) is 19.7. The third-order valence-corrected chi connectivity index (χ3v) is 7.50. The van der Waals surface area contributed by atoms with E-state index in [2.05, 4.69) is 91.7 Å². The van der Waals surface area contributed by atoms with E-state index in [0.717, 1.165) is 41.4 Å². The van der Waals surface area contributed by atoms with Crippen LogP contribution in [0.25, 0.3) is 17.1 Å². The van der Waals surface area contributed by atoms with E-state index >= 15 is 0 Å². The summed E-state index contributed by atoms with van der Waals surface area (Å²) in [6, 6.07) is 24.3. The standard InChI is InChI=1S/C33H39N5O2S/c1-6-7-8-21-40-29-19-11-25(12-20-29)22-34-35-30(39)23-41-32-37-36-31(38(32)28-17-9-24(2)10-18-28)26-13-15-27(16-14-26)33(3,4)5/h9-20,22H,6-8,21,23H2,1-5H3,(H,35,39). The molecule has 0 spiro atoms. The molecule has 0 aliphatic heterocycles. The van der Waals surface area contributed by atoms with Crippen LogP contribution in [-0.2, 0) is 10.2 Å². The fourth-order valence-electron chi connectivity index (χ4n) is 4.13. The van der Waals surface area contributed by atoms with Crippen molar-refractivity contribution in [3.05, 3.63) is 89.5 Å². The number of hydrogen-bond acceptors (Lipinski definition) is 6. The Morgan fingerprint density at radius 2 is 1.68 bits per heavy atom. The van der Waals surface area contributed by atoms with Crippen molar-refractivity contribution in [2.45, 2.75) is 64.5 Å². The minimum atomic E-state index is -0.225. The van der Waals surface area contributed by atoms with Crippen LogP contribution in [-0.4, -0.2) is 39.2 Å². The van der Waals surface area contributed by atoms with Gasteiger partial charge in [-0.3, -0.25) is 9.36 Å². The maximum Gasteiger partial charge on any atom is 0.250 e. The average Bonchev–Trinajstić information content (AvgIpc) is 3.39. The van der Waals surface area contributed by atoms with E-state index in [1.54, 1.807) is 6.21 Å². The van der Waals surface area contributed by atoms with Gasteiger partial charge in [-0.25, -0.2) is 5.43 Å². The number of benzene rings is 3. The Labute approximate surface area is 247 Å². The van der Waals surface area contributed by atoms with E-state index in [0.29, 0.717) is 5.16 Å². The third kappa shape index (κ3) is 8.54. The molecule has 8 heteroatoms. The molecule has 0 fully saturated rings. The smallest absolute Gasteiger partial charge is 0.250 e. The van der Waals surface area contributed by atoms with Gasteiger partial charge in [0.25, 0.3) is 5.91 Å². The van der Waals surface area contributed by atoms with Crippen molar-refractivity contribution in [3.8, 4) is 22.8 Å². The Morgan fingerprint density at radius 3 is 2.34 bits per heavy atom. The zero-order valence-corrected chi connectivity index (χ0v) is 25.4. The molecule has 1 amide bonds. The van der Waals surface area contributed by atoms with E-state index in [9.17, 15) is 4.79 Å². The Morgan fingerprint density at radius 1 is 0.976 bits per heavy atom. The highest BCUT2D eigenvalue weighted by Gasteiger charge is 2.19. The monoisotopic (exact) mass is 569 g/mol. The molecule has 0 unspecified atom stereocenters. The first-order valence-corrected chi connectivity index (χ1v) is 15.0. The van der Waals surface area contributed by atoms with Gasteiger partial charge in [-0.15, -0.1) is 10.2 Å².